The predicted octanol–water partition coefficient (Wildman–Crippen LogP) is 2.75. The standard InChI is InChI=1S/C15H17N3O3/c19-15(11-3-5-14(6-4-11)18(20)21)17-16-9-13-8-10-1-2-12(13)7-10/h3-6,9-10,12-13H,1-2,7-8H2,(H,17,19)/b16-9-/t10-,12-,13-/m0/s1. The van der Waals surface area contributed by atoms with Gasteiger partial charge in [-0.05, 0) is 49.1 Å². The van der Waals surface area contributed by atoms with E-state index >= 15 is 0 Å². The Kier molecular flexibility index (Phi) is 3.68. The molecule has 110 valence electrons. The zero-order chi connectivity index (χ0) is 14.8. The van der Waals surface area contributed by atoms with Crippen LogP contribution in [0.5, 0.6) is 0 Å². The highest BCUT2D eigenvalue weighted by Gasteiger charge is 2.38. The number of nitro benzene ring substituents is 1. The van der Waals surface area contributed by atoms with Gasteiger partial charge in [0.2, 0.25) is 0 Å². The molecule has 1 aromatic rings. The number of rotatable bonds is 4. The van der Waals surface area contributed by atoms with Gasteiger partial charge in [0.25, 0.3) is 11.6 Å². The minimum atomic E-state index is -0.491. The number of carbonyl (C=O) groups is 1. The number of amides is 1. The minimum Gasteiger partial charge on any atom is -0.267 e. The molecule has 0 radical (unpaired) electrons. The van der Waals surface area contributed by atoms with Crippen LogP contribution in [0.15, 0.2) is 29.4 Å². The van der Waals surface area contributed by atoms with E-state index in [2.05, 4.69) is 10.5 Å². The summed E-state index contributed by atoms with van der Waals surface area (Å²) in [6.07, 6.45) is 6.95. The fourth-order valence-corrected chi connectivity index (χ4v) is 3.47. The second-order valence-electron chi connectivity index (χ2n) is 5.86. The van der Waals surface area contributed by atoms with Crippen LogP contribution in [0.1, 0.15) is 36.0 Å². The molecule has 1 amide bonds. The summed E-state index contributed by atoms with van der Waals surface area (Å²) in [4.78, 5) is 21.9. The number of carbonyl (C=O) groups excluding carboxylic acids is 1. The van der Waals surface area contributed by atoms with Gasteiger partial charge >= 0.3 is 0 Å². The van der Waals surface area contributed by atoms with Crippen LogP contribution in [-0.2, 0) is 0 Å². The molecule has 2 saturated carbocycles. The second-order valence-corrected chi connectivity index (χ2v) is 5.86. The molecule has 3 rings (SSSR count). The number of hydrazone groups is 1. The Morgan fingerprint density at radius 1 is 1.29 bits per heavy atom. The summed E-state index contributed by atoms with van der Waals surface area (Å²) < 4.78 is 0. The van der Waals surface area contributed by atoms with Crippen molar-refractivity contribution in [2.75, 3.05) is 0 Å². The number of hydrogen-bond donors (Lipinski definition) is 1. The SMILES string of the molecule is O=C(N/N=C\[C@@H]1C[C@H]2CC[C@H]1C2)c1ccc([N+](=O)[O-])cc1. The van der Waals surface area contributed by atoms with Crippen molar-refractivity contribution in [1.29, 1.82) is 0 Å². The Hall–Kier alpha value is -2.24. The lowest BCUT2D eigenvalue weighted by atomic mass is 9.90. The third-order valence-electron chi connectivity index (χ3n) is 4.57. The summed E-state index contributed by atoms with van der Waals surface area (Å²) in [5.41, 5.74) is 2.83. The average Bonchev–Trinajstić information content (AvgIpc) is 3.10. The van der Waals surface area contributed by atoms with Crippen LogP contribution in [0.2, 0.25) is 0 Å². The Bertz CT molecular complexity index is 582. The van der Waals surface area contributed by atoms with Crippen molar-refractivity contribution < 1.29 is 9.72 Å². The molecule has 2 aliphatic rings. The van der Waals surface area contributed by atoms with Gasteiger partial charge in [0, 0.05) is 23.9 Å². The van der Waals surface area contributed by atoms with E-state index in [1.807, 2.05) is 6.21 Å². The maximum Gasteiger partial charge on any atom is 0.271 e. The van der Waals surface area contributed by atoms with Gasteiger partial charge in [0.15, 0.2) is 0 Å². The maximum absolute atomic E-state index is 11.9. The average molecular weight is 287 g/mol. The van der Waals surface area contributed by atoms with Crippen LogP contribution in [0.3, 0.4) is 0 Å². The van der Waals surface area contributed by atoms with Gasteiger partial charge in [-0.25, -0.2) is 5.43 Å². The molecular weight excluding hydrogens is 270 g/mol. The zero-order valence-corrected chi connectivity index (χ0v) is 11.6. The molecule has 3 atom stereocenters. The van der Waals surface area contributed by atoms with Crippen LogP contribution < -0.4 is 5.43 Å². The molecule has 2 aliphatic carbocycles. The Balaban J connectivity index is 1.55. The van der Waals surface area contributed by atoms with E-state index in [0.29, 0.717) is 11.5 Å². The first kappa shape index (κ1) is 13.7. The summed E-state index contributed by atoms with van der Waals surface area (Å²) in [6, 6.07) is 5.49. The number of fused-ring (bicyclic) bond motifs is 2. The molecule has 0 unspecified atom stereocenters. The third kappa shape index (κ3) is 2.94. The molecule has 6 heteroatoms. The molecule has 0 aromatic heterocycles. The summed E-state index contributed by atoms with van der Waals surface area (Å²) in [6.45, 7) is 0. The maximum atomic E-state index is 11.9. The molecule has 0 aliphatic heterocycles. The van der Waals surface area contributed by atoms with Crippen molar-refractivity contribution in [3.05, 3.63) is 39.9 Å². The number of nitrogens with one attached hydrogen (secondary N) is 1. The number of nitro groups is 1. The van der Waals surface area contributed by atoms with E-state index in [-0.39, 0.29) is 11.6 Å². The van der Waals surface area contributed by atoms with E-state index in [1.165, 1.54) is 49.9 Å². The fourth-order valence-electron chi connectivity index (χ4n) is 3.47. The van der Waals surface area contributed by atoms with Gasteiger partial charge < -0.3 is 0 Å². The van der Waals surface area contributed by atoms with Crippen molar-refractivity contribution in [1.82, 2.24) is 5.43 Å². The van der Waals surface area contributed by atoms with Crippen LogP contribution in [0.25, 0.3) is 0 Å². The highest BCUT2D eigenvalue weighted by atomic mass is 16.6. The largest absolute Gasteiger partial charge is 0.271 e. The lowest BCUT2D eigenvalue weighted by molar-refractivity contribution is -0.384. The molecule has 0 saturated heterocycles. The zero-order valence-electron chi connectivity index (χ0n) is 11.6. The monoisotopic (exact) mass is 287 g/mol. The van der Waals surface area contributed by atoms with E-state index in [0.717, 1.165) is 11.8 Å². The quantitative estimate of drug-likeness (QED) is 0.525. The van der Waals surface area contributed by atoms with Gasteiger partial charge in [0.1, 0.15) is 0 Å². The molecule has 2 bridgehead atoms. The van der Waals surface area contributed by atoms with Gasteiger partial charge in [-0.15, -0.1) is 0 Å². The summed E-state index contributed by atoms with van der Waals surface area (Å²) in [5, 5.41) is 14.6. The Labute approximate surface area is 122 Å². The third-order valence-corrected chi connectivity index (χ3v) is 4.57. The molecular formula is C15H17N3O3. The predicted molar refractivity (Wildman–Crippen MR) is 78.0 cm³/mol. The van der Waals surface area contributed by atoms with E-state index in [4.69, 9.17) is 0 Å². The molecule has 21 heavy (non-hydrogen) atoms. The van der Waals surface area contributed by atoms with Crippen molar-refractivity contribution in [3.63, 3.8) is 0 Å². The first-order valence-corrected chi connectivity index (χ1v) is 7.21. The van der Waals surface area contributed by atoms with Crippen molar-refractivity contribution >= 4 is 17.8 Å². The van der Waals surface area contributed by atoms with Gasteiger partial charge in [0.05, 0.1) is 4.92 Å². The Morgan fingerprint density at radius 3 is 2.62 bits per heavy atom. The molecule has 1 aromatic carbocycles. The van der Waals surface area contributed by atoms with E-state index < -0.39 is 4.92 Å². The molecule has 0 heterocycles. The van der Waals surface area contributed by atoms with Crippen molar-refractivity contribution in [2.45, 2.75) is 25.7 Å². The number of benzene rings is 1. The minimum absolute atomic E-state index is 0.0305. The van der Waals surface area contributed by atoms with Gasteiger partial charge in [-0.3, -0.25) is 14.9 Å². The van der Waals surface area contributed by atoms with Crippen molar-refractivity contribution in [3.8, 4) is 0 Å². The smallest absolute Gasteiger partial charge is 0.267 e. The second kappa shape index (κ2) is 5.63. The number of nitrogens with zero attached hydrogens (tertiary/aromatic N) is 2. The summed E-state index contributed by atoms with van der Waals surface area (Å²) in [5.74, 6) is 1.72. The highest BCUT2D eigenvalue weighted by Crippen LogP contribution is 2.47. The number of hydrogen-bond acceptors (Lipinski definition) is 4. The lowest BCUT2D eigenvalue weighted by Gasteiger charge is -2.16. The van der Waals surface area contributed by atoms with Gasteiger partial charge in [-0.2, -0.15) is 5.10 Å². The molecule has 0 spiro atoms. The van der Waals surface area contributed by atoms with Crippen LogP contribution in [0, 0.1) is 27.9 Å². The van der Waals surface area contributed by atoms with Crippen LogP contribution >= 0.6 is 0 Å². The highest BCUT2D eigenvalue weighted by molar-refractivity contribution is 5.94. The summed E-state index contributed by atoms with van der Waals surface area (Å²) in [7, 11) is 0. The first-order chi connectivity index (χ1) is 10.1. The molecule has 6 nitrogen and oxygen atoms in total. The Morgan fingerprint density at radius 2 is 2.05 bits per heavy atom. The van der Waals surface area contributed by atoms with E-state index in [9.17, 15) is 14.9 Å². The molecule has 1 N–H and O–H groups in total. The van der Waals surface area contributed by atoms with E-state index in [1.54, 1.807) is 0 Å². The topological polar surface area (TPSA) is 84.6 Å². The van der Waals surface area contributed by atoms with Crippen LogP contribution in [0.4, 0.5) is 5.69 Å². The summed E-state index contributed by atoms with van der Waals surface area (Å²) >= 11 is 0. The van der Waals surface area contributed by atoms with Crippen LogP contribution in [-0.4, -0.2) is 17.0 Å². The van der Waals surface area contributed by atoms with Gasteiger partial charge in [-0.1, -0.05) is 6.42 Å². The number of non-ortho nitro benzene ring substituents is 1. The first-order valence-electron chi connectivity index (χ1n) is 7.21. The lowest BCUT2D eigenvalue weighted by Crippen LogP contribution is -2.20. The van der Waals surface area contributed by atoms with Crippen molar-refractivity contribution in [2.24, 2.45) is 22.9 Å². The molecule has 2 fully saturated rings. The normalized spacial score (nSPS) is 27.1. The fraction of sp³-hybridized carbons (Fsp3) is 0.467.